The van der Waals surface area contributed by atoms with Crippen LogP contribution in [0.5, 0.6) is 11.5 Å². The van der Waals surface area contributed by atoms with Gasteiger partial charge in [-0.05, 0) is 43.5 Å². The summed E-state index contributed by atoms with van der Waals surface area (Å²) in [5.41, 5.74) is 2.36. The number of benzene rings is 2. The molecule has 0 bridgehead atoms. The van der Waals surface area contributed by atoms with Crippen molar-refractivity contribution in [1.82, 2.24) is 0 Å². The third-order valence-electron chi connectivity index (χ3n) is 4.12. The average molecular weight is 393 g/mol. The first-order valence-electron chi connectivity index (χ1n) is 9.66. The van der Waals surface area contributed by atoms with Crippen molar-refractivity contribution in [3.8, 4) is 17.6 Å². The quantitative estimate of drug-likeness (QED) is 0.459. The molecule has 0 aliphatic carbocycles. The standard InChI is InChI=1S/C23H27N3O3/c1-5-28-21-12-11-18(13-22(21)29-6-2)25-15-17(14-24)23(27)26-20-10-8-7-9-19(20)16(3)4/h7-13,15-16,25H,5-6H2,1-4H3,(H,26,27)/b17-15-. The van der Waals surface area contributed by atoms with Crippen LogP contribution in [0.1, 0.15) is 39.2 Å². The second-order valence-electron chi connectivity index (χ2n) is 6.54. The van der Waals surface area contributed by atoms with Gasteiger partial charge < -0.3 is 20.1 Å². The SMILES string of the molecule is CCOc1ccc(N/C=C(/C#N)C(=O)Nc2ccccc2C(C)C)cc1OCC. The van der Waals surface area contributed by atoms with Crippen molar-refractivity contribution in [3.63, 3.8) is 0 Å². The monoisotopic (exact) mass is 393 g/mol. The van der Waals surface area contributed by atoms with Crippen molar-refractivity contribution >= 4 is 17.3 Å². The number of carbonyl (C=O) groups is 1. The Balaban J connectivity index is 2.17. The second kappa shape index (κ2) is 10.8. The van der Waals surface area contributed by atoms with E-state index in [4.69, 9.17) is 9.47 Å². The largest absolute Gasteiger partial charge is 0.490 e. The van der Waals surface area contributed by atoms with Crippen LogP contribution in [-0.2, 0) is 4.79 Å². The van der Waals surface area contributed by atoms with Crippen LogP contribution < -0.4 is 20.1 Å². The van der Waals surface area contributed by atoms with Gasteiger partial charge in [-0.2, -0.15) is 5.26 Å². The highest BCUT2D eigenvalue weighted by molar-refractivity contribution is 6.07. The third-order valence-corrected chi connectivity index (χ3v) is 4.12. The van der Waals surface area contributed by atoms with Crippen molar-refractivity contribution in [2.75, 3.05) is 23.8 Å². The topological polar surface area (TPSA) is 83.4 Å². The van der Waals surface area contributed by atoms with E-state index in [9.17, 15) is 10.1 Å². The number of nitrogens with one attached hydrogen (secondary N) is 2. The minimum atomic E-state index is -0.468. The number of nitrogens with zero attached hydrogens (tertiary/aromatic N) is 1. The molecule has 0 saturated heterocycles. The second-order valence-corrected chi connectivity index (χ2v) is 6.54. The van der Waals surface area contributed by atoms with Crippen molar-refractivity contribution in [2.45, 2.75) is 33.6 Å². The lowest BCUT2D eigenvalue weighted by Gasteiger charge is -2.14. The Morgan fingerprint density at radius 2 is 1.79 bits per heavy atom. The Morgan fingerprint density at radius 3 is 2.45 bits per heavy atom. The number of anilines is 2. The summed E-state index contributed by atoms with van der Waals surface area (Å²) in [5, 5.41) is 15.2. The zero-order valence-electron chi connectivity index (χ0n) is 17.3. The molecule has 6 heteroatoms. The van der Waals surface area contributed by atoms with E-state index in [-0.39, 0.29) is 11.5 Å². The van der Waals surface area contributed by atoms with Crippen LogP contribution in [0.2, 0.25) is 0 Å². The van der Waals surface area contributed by atoms with Gasteiger partial charge in [0.1, 0.15) is 11.6 Å². The molecule has 0 aliphatic heterocycles. The fourth-order valence-electron chi connectivity index (χ4n) is 2.75. The van der Waals surface area contributed by atoms with E-state index in [0.29, 0.717) is 36.1 Å². The first-order chi connectivity index (χ1) is 14.0. The molecule has 152 valence electrons. The van der Waals surface area contributed by atoms with Crippen LogP contribution in [0.3, 0.4) is 0 Å². The van der Waals surface area contributed by atoms with Gasteiger partial charge in [-0.1, -0.05) is 32.0 Å². The molecule has 0 saturated carbocycles. The van der Waals surface area contributed by atoms with Crippen LogP contribution >= 0.6 is 0 Å². The zero-order valence-corrected chi connectivity index (χ0v) is 17.3. The number of amides is 1. The molecular weight excluding hydrogens is 366 g/mol. The molecule has 2 aromatic rings. The lowest BCUT2D eigenvalue weighted by molar-refractivity contribution is -0.112. The highest BCUT2D eigenvalue weighted by Crippen LogP contribution is 2.30. The molecule has 0 spiro atoms. The maximum atomic E-state index is 12.6. The summed E-state index contributed by atoms with van der Waals surface area (Å²) >= 11 is 0. The molecule has 0 radical (unpaired) electrons. The Labute approximate surface area is 172 Å². The first kappa shape index (κ1) is 21.8. The van der Waals surface area contributed by atoms with E-state index in [0.717, 1.165) is 5.56 Å². The molecule has 0 unspecified atom stereocenters. The summed E-state index contributed by atoms with van der Waals surface area (Å²) in [4.78, 5) is 12.6. The predicted octanol–water partition coefficient (Wildman–Crippen LogP) is 5.07. The minimum Gasteiger partial charge on any atom is -0.490 e. The molecule has 0 aliphatic rings. The Hall–Kier alpha value is -3.46. The Bertz CT molecular complexity index is 914. The van der Waals surface area contributed by atoms with Gasteiger partial charge in [0.05, 0.1) is 13.2 Å². The van der Waals surface area contributed by atoms with E-state index >= 15 is 0 Å². The molecule has 1 amide bonds. The molecule has 0 aromatic heterocycles. The van der Waals surface area contributed by atoms with E-state index in [1.54, 1.807) is 18.2 Å². The molecule has 0 atom stereocenters. The van der Waals surface area contributed by atoms with Gasteiger partial charge in [-0.3, -0.25) is 4.79 Å². The first-order valence-corrected chi connectivity index (χ1v) is 9.66. The molecule has 0 fully saturated rings. The van der Waals surface area contributed by atoms with Gasteiger partial charge in [0, 0.05) is 23.6 Å². The van der Waals surface area contributed by atoms with E-state index < -0.39 is 5.91 Å². The molecule has 2 N–H and O–H groups in total. The van der Waals surface area contributed by atoms with Gasteiger partial charge in [0.2, 0.25) is 0 Å². The lowest BCUT2D eigenvalue weighted by Crippen LogP contribution is -2.16. The van der Waals surface area contributed by atoms with E-state index in [2.05, 4.69) is 24.5 Å². The van der Waals surface area contributed by atoms with E-state index in [1.165, 1.54) is 6.20 Å². The number of hydrogen-bond acceptors (Lipinski definition) is 5. The summed E-state index contributed by atoms with van der Waals surface area (Å²) in [6.07, 6.45) is 1.39. The smallest absolute Gasteiger partial charge is 0.267 e. The summed E-state index contributed by atoms with van der Waals surface area (Å²) in [5.74, 6) is 1.03. The van der Waals surface area contributed by atoms with Crippen molar-refractivity contribution in [2.24, 2.45) is 0 Å². The average Bonchev–Trinajstić information content (AvgIpc) is 2.71. The molecular formula is C23H27N3O3. The molecule has 6 nitrogen and oxygen atoms in total. The fourth-order valence-corrected chi connectivity index (χ4v) is 2.75. The van der Waals surface area contributed by atoms with Gasteiger partial charge in [0.15, 0.2) is 11.5 Å². The predicted molar refractivity (Wildman–Crippen MR) is 115 cm³/mol. The Kier molecular flexibility index (Phi) is 8.11. The fraction of sp³-hybridized carbons (Fsp3) is 0.304. The highest BCUT2D eigenvalue weighted by atomic mass is 16.5. The van der Waals surface area contributed by atoms with Crippen LogP contribution in [0.15, 0.2) is 54.2 Å². The van der Waals surface area contributed by atoms with Crippen LogP contribution in [-0.4, -0.2) is 19.1 Å². The molecule has 29 heavy (non-hydrogen) atoms. The molecule has 2 rings (SSSR count). The number of ether oxygens (including phenoxy) is 2. The van der Waals surface area contributed by atoms with Crippen LogP contribution in [0, 0.1) is 11.3 Å². The molecule has 0 heterocycles. The van der Waals surface area contributed by atoms with Gasteiger partial charge in [0.25, 0.3) is 5.91 Å². The number of carbonyl (C=O) groups excluding carboxylic acids is 1. The van der Waals surface area contributed by atoms with Gasteiger partial charge in [-0.15, -0.1) is 0 Å². The molecule has 2 aromatic carbocycles. The number of nitriles is 1. The minimum absolute atomic E-state index is 0.0320. The van der Waals surface area contributed by atoms with Crippen LogP contribution in [0.25, 0.3) is 0 Å². The maximum absolute atomic E-state index is 12.6. The van der Waals surface area contributed by atoms with Gasteiger partial charge in [-0.25, -0.2) is 0 Å². The lowest BCUT2D eigenvalue weighted by atomic mass is 10.0. The maximum Gasteiger partial charge on any atom is 0.267 e. The normalized spacial score (nSPS) is 11.0. The number of rotatable bonds is 9. The van der Waals surface area contributed by atoms with Crippen molar-refractivity contribution in [3.05, 3.63) is 59.8 Å². The van der Waals surface area contributed by atoms with Crippen LogP contribution in [0.4, 0.5) is 11.4 Å². The highest BCUT2D eigenvalue weighted by Gasteiger charge is 2.13. The van der Waals surface area contributed by atoms with Crippen molar-refractivity contribution < 1.29 is 14.3 Å². The van der Waals surface area contributed by atoms with E-state index in [1.807, 2.05) is 44.2 Å². The van der Waals surface area contributed by atoms with Gasteiger partial charge >= 0.3 is 0 Å². The Morgan fingerprint density at radius 1 is 1.10 bits per heavy atom. The summed E-state index contributed by atoms with van der Waals surface area (Å²) < 4.78 is 11.1. The zero-order chi connectivity index (χ0) is 21.2. The summed E-state index contributed by atoms with van der Waals surface area (Å²) in [7, 11) is 0. The van der Waals surface area contributed by atoms with Crippen molar-refractivity contribution in [1.29, 1.82) is 5.26 Å². The summed E-state index contributed by atoms with van der Waals surface area (Å²) in [6, 6.07) is 14.9. The number of para-hydroxylation sites is 1. The number of hydrogen-bond donors (Lipinski definition) is 2. The third kappa shape index (κ3) is 6.01. The summed E-state index contributed by atoms with van der Waals surface area (Å²) in [6.45, 7) is 8.93.